The third kappa shape index (κ3) is 2.75. The fourth-order valence-corrected chi connectivity index (χ4v) is 4.67. The van der Waals surface area contributed by atoms with Crippen LogP contribution >= 0.6 is 11.3 Å². The normalized spacial score (nSPS) is 18.3. The van der Waals surface area contributed by atoms with Crippen LogP contribution in [-0.2, 0) is 4.79 Å². The van der Waals surface area contributed by atoms with Crippen molar-refractivity contribution >= 4 is 34.5 Å². The van der Waals surface area contributed by atoms with Crippen LogP contribution < -0.4 is 10.6 Å². The van der Waals surface area contributed by atoms with Crippen molar-refractivity contribution < 1.29 is 9.59 Å². The zero-order valence-electron chi connectivity index (χ0n) is 15.0. The Hall–Kier alpha value is -3.19. The number of carbonyl (C=O) groups excluding carboxylic acids is 2. The number of fused-ring (bicyclic) bond motifs is 1. The van der Waals surface area contributed by atoms with Crippen LogP contribution in [-0.4, -0.2) is 21.5 Å². The van der Waals surface area contributed by atoms with Gasteiger partial charge in [0.05, 0.1) is 6.20 Å². The van der Waals surface area contributed by atoms with Gasteiger partial charge in [0.15, 0.2) is 5.78 Å². The van der Waals surface area contributed by atoms with Crippen molar-refractivity contribution in [2.24, 2.45) is 0 Å². The van der Waals surface area contributed by atoms with Gasteiger partial charge < -0.3 is 10.6 Å². The molecule has 1 atom stereocenters. The number of hydrogen-bond donors (Lipinski definition) is 2. The maximum absolute atomic E-state index is 12.9. The second-order valence-electron chi connectivity index (χ2n) is 6.88. The lowest BCUT2D eigenvalue weighted by Gasteiger charge is -2.32. The standard InChI is InChI=1S/C21H18N4O2S/c26-16-9-4-8-15-18(16)19(17-10-5-11-28-17)25-20(24-15)14(12-22-25)21(27)23-13-6-2-1-3-7-13/h1-3,5-7,10-12,19,24H,4,8-9H2,(H,23,27)/t19-/m1/s1. The first kappa shape index (κ1) is 16.9. The summed E-state index contributed by atoms with van der Waals surface area (Å²) in [6, 6.07) is 13.0. The highest BCUT2D eigenvalue weighted by Gasteiger charge is 2.37. The monoisotopic (exact) mass is 390 g/mol. The number of hydrogen-bond acceptors (Lipinski definition) is 5. The molecule has 2 aliphatic rings. The van der Waals surface area contributed by atoms with Crippen LogP contribution in [0.4, 0.5) is 11.5 Å². The van der Waals surface area contributed by atoms with E-state index in [4.69, 9.17) is 0 Å². The highest BCUT2D eigenvalue weighted by molar-refractivity contribution is 7.10. The first-order valence-electron chi connectivity index (χ1n) is 9.23. The number of thiophene rings is 1. The summed E-state index contributed by atoms with van der Waals surface area (Å²) in [5.74, 6) is 0.569. The van der Waals surface area contributed by atoms with Gasteiger partial charge in [-0.15, -0.1) is 11.3 Å². The number of Topliss-reactive ketones (excluding diaryl/α,β-unsaturated/α-hetero) is 1. The number of para-hydroxylation sites is 1. The second kappa shape index (κ2) is 6.76. The molecule has 0 fully saturated rings. The summed E-state index contributed by atoms with van der Waals surface area (Å²) in [4.78, 5) is 26.6. The van der Waals surface area contributed by atoms with Crippen LogP contribution in [0.1, 0.15) is 40.5 Å². The van der Waals surface area contributed by atoms with E-state index in [9.17, 15) is 9.59 Å². The molecular formula is C21H18N4O2S. The van der Waals surface area contributed by atoms with Crippen molar-refractivity contribution in [3.63, 3.8) is 0 Å². The summed E-state index contributed by atoms with van der Waals surface area (Å²) in [5.41, 5.74) is 2.89. The fraction of sp³-hybridized carbons (Fsp3) is 0.190. The maximum atomic E-state index is 12.9. The number of nitrogens with one attached hydrogen (secondary N) is 2. The number of allylic oxidation sites excluding steroid dienone is 2. The SMILES string of the molecule is O=C1CCCC2=C1[C@@H](c1cccs1)n1ncc(C(=O)Nc3ccccc3)c1N2. The minimum absolute atomic E-state index is 0.156. The van der Waals surface area contributed by atoms with E-state index in [-0.39, 0.29) is 17.7 Å². The summed E-state index contributed by atoms with van der Waals surface area (Å²) < 4.78 is 1.77. The van der Waals surface area contributed by atoms with Crippen molar-refractivity contribution in [1.82, 2.24) is 9.78 Å². The number of ketones is 1. The third-order valence-electron chi connectivity index (χ3n) is 5.13. The highest BCUT2D eigenvalue weighted by atomic mass is 32.1. The second-order valence-corrected chi connectivity index (χ2v) is 7.86. The number of benzene rings is 1. The van der Waals surface area contributed by atoms with Gasteiger partial charge in [-0.25, -0.2) is 4.68 Å². The minimum atomic E-state index is -0.280. The van der Waals surface area contributed by atoms with E-state index in [1.165, 1.54) is 0 Å². The van der Waals surface area contributed by atoms with Gasteiger partial charge in [-0.1, -0.05) is 24.3 Å². The van der Waals surface area contributed by atoms with Crippen LogP contribution in [0.3, 0.4) is 0 Å². The van der Waals surface area contributed by atoms with Crippen molar-refractivity contribution in [3.8, 4) is 0 Å². The lowest BCUT2D eigenvalue weighted by atomic mass is 9.88. The molecule has 28 heavy (non-hydrogen) atoms. The molecule has 1 amide bonds. The number of amides is 1. The van der Waals surface area contributed by atoms with Crippen LogP contribution in [0, 0.1) is 0 Å². The van der Waals surface area contributed by atoms with Crippen LogP contribution in [0.2, 0.25) is 0 Å². The van der Waals surface area contributed by atoms with Crippen LogP contribution in [0.25, 0.3) is 0 Å². The van der Waals surface area contributed by atoms with Crippen molar-refractivity contribution in [2.75, 3.05) is 10.6 Å². The van der Waals surface area contributed by atoms with Gasteiger partial charge in [0.2, 0.25) is 0 Å². The Labute approximate surface area is 165 Å². The average molecular weight is 390 g/mol. The molecule has 5 rings (SSSR count). The zero-order valence-corrected chi connectivity index (χ0v) is 15.8. The highest BCUT2D eigenvalue weighted by Crippen LogP contribution is 2.42. The van der Waals surface area contributed by atoms with Crippen molar-refractivity contribution in [1.29, 1.82) is 0 Å². The third-order valence-corrected chi connectivity index (χ3v) is 6.05. The number of anilines is 2. The molecule has 2 aromatic heterocycles. The van der Waals surface area contributed by atoms with E-state index >= 15 is 0 Å². The van der Waals surface area contributed by atoms with Gasteiger partial charge >= 0.3 is 0 Å². The van der Waals surface area contributed by atoms with Crippen LogP contribution in [0.15, 0.2) is 65.3 Å². The van der Waals surface area contributed by atoms with Gasteiger partial charge in [-0.3, -0.25) is 9.59 Å². The minimum Gasteiger partial charge on any atom is -0.343 e. The van der Waals surface area contributed by atoms with Gasteiger partial charge in [-0.05, 0) is 36.4 Å². The lowest BCUT2D eigenvalue weighted by Crippen LogP contribution is -2.31. The quantitative estimate of drug-likeness (QED) is 0.702. The molecule has 140 valence electrons. The molecule has 1 aromatic carbocycles. The Kier molecular flexibility index (Phi) is 4.09. The van der Waals surface area contributed by atoms with Gasteiger partial charge in [0.1, 0.15) is 17.4 Å². The Bertz CT molecular complexity index is 1080. The molecule has 0 saturated carbocycles. The lowest BCUT2D eigenvalue weighted by molar-refractivity contribution is -0.116. The smallest absolute Gasteiger partial charge is 0.261 e. The molecule has 3 aromatic rings. The molecule has 0 saturated heterocycles. The molecule has 0 unspecified atom stereocenters. The van der Waals surface area contributed by atoms with E-state index < -0.39 is 0 Å². The molecule has 7 heteroatoms. The number of rotatable bonds is 3. The van der Waals surface area contributed by atoms with E-state index in [1.54, 1.807) is 22.2 Å². The largest absolute Gasteiger partial charge is 0.343 e. The Morgan fingerprint density at radius 1 is 1.18 bits per heavy atom. The molecular weight excluding hydrogens is 372 g/mol. The molecule has 1 aliphatic carbocycles. The predicted octanol–water partition coefficient (Wildman–Crippen LogP) is 4.22. The maximum Gasteiger partial charge on any atom is 0.261 e. The molecule has 0 bridgehead atoms. The Morgan fingerprint density at radius 3 is 2.82 bits per heavy atom. The average Bonchev–Trinajstić information content (AvgIpc) is 3.37. The molecule has 2 N–H and O–H groups in total. The number of aromatic nitrogens is 2. The number of carbonyl (C=O) groups is 2. The van der Waals surface area contributed by atoms with E-state index in [2.05, 4.69) is 15.7 Å². The summed E-state index contributed by atoms with van der Waals surface area (Å²) in [6.07, 6.45) is 3.75. The predicted molar refractivity (Wildman–Crippen MR) is 109 cm³/mol. The Morgan fingerprint density at radius 2 is 2.04 bits per heavy atom. The summed E-state index contributed by atoms with van der Waals surface area (Å²) >= 11 is 1.60. The summed E-state index contributed by atoms with van der Waals surface area (Å²) in [5, 5.41) is 12.7. The van der Waals surface area contributed by atoms with Gasteiger partial charge in [-0.2, -0.15) is 5.10 Å². The molecule has 1 aliphatic heterocycles. The molecule has 0 radical (unpaired) electrons. The van der Waals surface area contributed by atoms with Crippen molar-refractivity contribution in [3.05, 3.63) is 75.8 Å². The fourth-order valence-electron chi connectivity index (χ4n) is 3.85. The Balaban J connectivity index is 1.57. The van der Waals surface area contributed by atoms with Gasteiger partial charge in [0.25, 0.3) is 5.91 Å². The summed E-state index contributed by atoms with van der Waals surface area (Å²) in [6.45, 7) is 0. The van der Waals surface area contributed by atoms with Crippen LogP contribution in [0.5, 0.6) is 0 Å². The molecule has 6 nitrogen and oxygen atoms in total. The topological polar surface area (TPSA) is 76.0 Å². The first-order valence-corrected chi connectivity index (χ1v) is 10.1. The number of nitrogens with zero attached hydrogens (tertiary/aromatic N) is 2. The first-order chi connectivity index (χ1) is 13.7. The van der Waals surface area contributed by atoms with Crippen molar-refractivity contribution in [2.45, 2.75) is 25.3 Å². The zero-order chi connectivity index (χ0) is 19.1. The summed E-state index contributed by atoms with van der Waals surface area (Å²) in [7, 11) is 0. The van der Waals surface area contributed by atoms with E-state index in [1.807, 2.05) is 47.8 Å². The van der Waals surface area contributed by atoms with Gasteiger partial charge in [0, 0.05) is 28.3 Å². The molecule has 3 heterocycles. The van der Waals surface area contributed by atoms with E-state index in [0.717, 1.165) is 34.7 Å². The van der Waals surface area contributed by atoms with E-state index in [0.29, 0.717) is 17.8 Å². The molecule has 0 spiro atoms.